The van der Waals surface area contributed by atoms with Gasteiger partial charge in [0.05, 0.1) is 12.0 Å². The number of carbonyl (C=O) groups is 1. The average molecular weight is 265 g/mol. The van der Waals surface area contributed by atoms with Gasteiger partial charge in [-0.3, -0.25) is 9.59 Å². The zero-order valence-corrected chi connectivity index (χ0v) is 11.3. The Kier molecular flexibility index (Phi) is 4.31. The molecule has 0 saturated carbocycles. The predicted molar refractivity (Wildman–Crippen MR) is 70.9 cm³/mol. The monoisotopic (exact) mass is 265 g/mol. The fraction of sp³-hybridized carbons (Fsp3) is 0.615. The number of aromatic nitrogens is 2. The quantitative estimate of drug-likeness (QED) is 0.882. The fourth-order valence-corrected chi connectivity index (χ4v) is 2.34. The molecule has 1 amide bonds. The number of anilines is 1. The first-order chi connectivity index (χ1) is 9.13. The highest BCUT2D eigenvalue weighted by Gasteiger charge is 2.31. The molecule has 6 nitrogen and oxygen atoms in total. The van der Waals surface area contributed by atoms with Gasteiger partial charge in [0.15, 0.2) is 5.82 Å². The number of ether oxygens (including phenoxy) is 1. The summed E-state index contributed by atoms with van der Waals surface area (Å²) in [4.78, 5) is 27.9. The van der Waals surface area contributed by atoms with E-state index in [2.05, 4.69) is 10.3 Å². The maximum absolute atomic E-state index is 12.2. The molecule has 6 heteroatoms. The standard InChI is InChI=1S/C13H19N3O3/c1-3-10-9(5-4-8-19-10)12(17)15-11-13(18)16(2)7-6-14-11/h6-7,9-10H,3-5,8H2,1-2H3,(H,14,15,17)/t9-,10+/m0/s1. The molecule has 1 aliphatic rings. The maximum atomic E-state index is 12.2. The molecule has 1 aliphatic heterocycles. The second kappa shape index (κ2) is 5.97. The molecule has 2 rings (SSSR count). The van der Waals surface area contributed by atoms with Gasteiger partial charge in [0.25, 0.3) is 5.56 Å². The van der Waals surface area contributed by atoms with Crippen LogP contribution >= 0.6 is 0 Å². The van der Waals surface area contributed by atoms with Gasteiger partial charge in [-0.1, -0.05) is 6.92 Å². The Hall–Kier alpha value is -1.69. The van der Waals surface area contributed by atoms with Crippen molar-refractivity contribution in [3.05, 3.63) is 22.7 Å². The Bertz CT molecular complexity index is 512. The molecule has 0 spiro atoms. The smallest absolute Gasteiger partial charge is 0.293 e. The molecule has 0 bridgehead atoms. The van der Waals surface area contributed by atoms with Crippen LogP contribution in [-0.2, 0) is 16.6 Å². The third-order valence-corrected chi connectivity index (χ3v) is 3.44. The van der Waals surface area contributed by atoms with Crippen LogP contribution in [0.3, 0.4) is 0 Å². The number of hydrogen-bond donors (Lipinski definition) is 1. The summed E-state index contributed by atoms with van der Waals surface area (Å²) in [7, 11) is 1.62. The molecule has 1 fully saturated rings. The molecule has 1 saturated heterocycles. The van der Waals surface area contributed by atoms with Gasteiger partial charge in [-0.15, -0.1) is 0 Å². The van der Waals surface area contributed by atoms with Gasteiger partial charge in [0.1, 0.15) is 0 Å². The molecular formula is C13H19N3O3. The van der Waals surface area contributed by atoms with Gasteiger partial charge in [-0.25, -0.2) is 4.98 Å². The third-order valence-electron chi connectivity index (χ3n) is 3.44. The van der Waals surface area contributed by atoms with Crippen LogP contribution in [0.2, 0.25) is 0 Å². The third kappa shape index (κ3) is 3.01. The molecule has 1 N–H and O–H groups in total. The highest BCUT2D eigenvalue weighted by Crippen LogP contribution is 2.24. The molecule has 0 unspecified atom stereocenters. The Morgan fingerprint density at radius 1 is 1.63 bits per heavy atom. The van der Waals surface area contributed by atoms with Gasteiger partial charge in [0.2, 0.25) is 5.91 Å². The lowest BCUT2D eigenvalue weighted by molar-refractivity contribution is -0.129. The molecule has 2 heterocycles. The summed E-state index contributed by atoms with van der Waals surface area (Å²) in [5.74, 6) is -0.303. The van der Waals surface area contributed by atoms with Crippen molar-refractivity contribution in [2.75, 3.05) is 11.9 Å². The molecule has 0 aromatic carbocycles. The van der Waals surface area contributed by atoms with E-state index < -0.39 is 0 Å². The Morgan fingerprint density at radius 2 is 2.42 bits per heavy atom. The van der Waals surface area contributed by atoms with Crippen molar-refractivity contribution in [3.63, 3.8) is 0 Å². The van der Waals surface area contributed by atoms with E-state index in [-0.39, 0.29) is 29.3 Å². The van der Waals surface area contributed by atoms with E-state index in [9.17, 15) is 9.59 Å². The minimum Gasteiger partial charge on any atom is -0.377 e. The SMILES string of the molecule is CC[C@H]1OCCC[C@@H]1C(=O)Nc1nccn(C)c1=O. The molecule has 0 aliphatic carbocycles. The Balaban J connectivity index is 2.12. The van der Waals surface area contributed by atoms with Gasteiger partial charge < -0.3 is 14.6 Å². The molecule has 1 aromatic rings. The largest absolute Gasteiger partial charge is 0.377 e. The van der Waals surface area contributed by atoms with E-state index >= 15 is 0 Å². The first-order valence-electron chi connectivity index (χ1n) is 6.57. The van der Waals surface area contributed by atoms with Crippen LogP contribution in [0.1, 0.15) is 26.2 Å². The van der Waals surface area contributed by atoms with E-state index in [0.29, 0.717) is 6.61 Å². The van der Waals surface area contributed by atoms with Gasteiger partial charge in [0, 0.05) is 26.0 Å². The summed E-state index contributed by atoms with van der Waals surface area (Å²) in [6.45, 7) is 2.70. The number of nitrogens with zero attached hydrogens (tertiary/aromatic N) is 2. The van der Waals surface area contributed by atoms with E-state index in [0.717, 1.165) is 19.3 Å². The second-order valence-corrected chi connectivity index (χ2v) is 4.75. The van der Waals surface area contributed by atoms with Crippen LogP contribution in [0.25, 0.3) is 0 Å². The minimum atomic E-state index is -0.305. The van der Waals surface area contributed by atoms with Crippen molar-refractivity contribution in [3.8, 4) is 0 Å². The second-order valence-electron chi connectivity index (χ2n) is 4.75. The van der Waals surface area contributed by atoms with E-state index in [4.69, 9.17) is 4.74 Å². The lowest BCUT2D eigenvalue weighted by Gasteiger charge is -2.29. The van der Waals surface area contributed by atoms with Gasteiger partial charge in [-0.05, 0) is 19.3 Å². The van der Waals surface area contributed by atoms with Crippen LogP contribution in [0.5, 0.6) is 0 Å². The van der Waals surface area contributed by atoms with E-state index in [1.165, 1.54) is 10.8 Å². The number of carbonyl (C=O) groups excluding carboxylic acids is 1. The number of amides is 1. The lowest BCUT2D eigenvalue weighted by Crippen LogP contribution is -2.39. The first kappa shape index (κ1) is 13.7. The topological polar surface area (TPSA) is 73.2 Å². The molecule has 19 heavy (non-hydrogen) atoms. The van der Waals surface area contributed by atoms with Crippen molar-refractivity contribution < 1.29 is 9.53 Å². The number of rotatable bonds is 3. The van der Waals surface area contributed by atoms with Crippen molar-refractivity contribution in [1.29, 1.82) is 0 Å². The summed E-state index contributed by atoms with van der Waals surface area (Å²) < 4.78 is 6.97. The summed E-state index contributed by atoms with van der Waals surface area (Å²) in [5, 5.41) is 2.62. The minimum absolute atomic E-state index is 0.0682. The average Bonchev–Trinajstić information content (AvgIpc) is 2.43. The van der Waals surface area contributed by atoms with Crippen LogP contribution in [0.4, 0.5) is 5.82 Å². The summed E-state index contributed by atoms with van der Waals surface area (Å²) in [5.41, 5.74) is -0.305. The number of nitrogens with one attached hydrogen (secondary N) is 1. The lowest BCUT2D eigenvalue weighted by atomic mass is 9.92. The van der Waals surface area contributed by atoms with Crippen LogP contribution in [-0.4, -0.2) is 28.2 Å². The van der Waals surface area contributed by atoms with Crippen LogP contribution < -0.4 is 10.9 Å². The first-order valence-corrected chi connectivity index (χ1v) is 6.57. The highest BCUT2D eigenvalue weighted by molar-refractivity contribution is 5.91. The van der Waals surface area contributed by atoms with Crippen LogP contribution in [0, 0.1) is 5.92 Å². The molecule has 1 aromatic heterocycles. The highest BCUT2D eigenvalue weighted by atomic mass is 16.5. The van der Waals surface area contributed by atoms with Crippen molar-refractivity contribution in [1.82, 2.24) is 9.55 Å². The maximum Gasteiger partial charge on any atom is 0.293 e. The molecule has 2 atom stereocenters. The Morgan fingerprint density at radius 3 is 3.16 bits per heavy atom. The van der Waals surface area contributed by atoms with Crippen molar-refractivity contribution >= 4 is 11.7 Å². The number of hydrogen-bond acceptors (Lipinski definition) is 4. The van der Waals surface area contributed by atoms with Crippen molar-refractivity contribution in [2.24, 2.45) is 13.0 Å². The van der Waals surface area contributed by atoms with E-state index in [1.54, 1.807) is 13.2 Å². The summed E-state index contributed by atoms with van der Waals surface area (Å²) in [6, 6.07) is 0. The Labute approximate surface area is 111 Å². The molecular weight excluding hydrogens is 246 g/mol. The normalized spacial score (nSPS) is 23.1. The predicted octanol–water partition coefficient (Wildman–Crippen LogP) is 0.924. The van der Waals surface area contributed by atoms with E-state index in [1.807, 2.05) is 6.92 Å². The van der Waals surface area contributed by atoms with Gasteiger partial charge in [-0.2, -0.15) is 0 Å². The summed E-state index contributed by atoms with van der Waals surface area (Å²) >= 11 is 0. The summed E-state index contributed by atoms with van der Waals surface area (Å²) in [6.07, 6.45) is 5.42. The van der Waals surface area contributed by atoms with Crippen molar-refractivity contribution in [2.45, 2.75) is 32.3 Å². The zero-order chi connectivity index (χ0) is 13.8. The fourth-order valence-electron chi connectivity index (χ4n) is 2.34. The zero-order valence-electron chi connectivity index (χ0n) is 11.3. The van der Waals surface area contributed by atoms with Gasteiger partial charge >= 0.3 is 0 Å². The van der Waals surface area contributed by atoms with Crippen LogP contribution in [0.15, 0.2) is 17.2 Å². The molecule has 0 radical (unpaired) electrons. The number of aryl methyl sites for hydroxylation is 1. The molecule has 104 valence electrons.